The van der Waals surface area contributed by atoms with Crippen molar-refractivity contribution in [1.29, 1.82) is 0 Å². The number of ether oxygens (including phenoxy) is 1. The average molecular weight is 170 g/mol. The van der Waals surface area contributed by atoms with Crippen molar-refractivity contribution in [2.45, 2.75) is 0 Å². The molecule has 1 amide bonds. The zero-order chi connectivity index (χ0) is 8.81. The number of carbonyl (C=O) groups is 1. The average Bonchev–Trinajstić information content (AvgIpc) is 2.56. The molecule has 0 aliphatic heterocycles. The number of aromatic nitrogens is 3. The molecule has 0 saturated heterocycles. The molecule has 6 nitrogen and oxygen atoms in total. The maximum Gasteiger partial charge on any atom is 0.273 e. The van der Waals surface area contributed by atoms with E-state index in [9.17, 15) is 4.79 Å². The molecule has 0 saturated carbocycles. The van der Waals surface area contributed by atoms with E-state index < -0.39 is 0 Å². The molecule has 0 atom stereocenters. The Morgan fingerprint density at radius 1 is 1.83 bits per heavy atom. The van der Waals surface area contributed by atoms with Gasteiger partial charge in [-0.15, -0.1) is 0 Å². The van der Waals surface area contributed by atoms with Gasteiger partial charge in [-0.05, 0) is 0 Å². The minimum absolute atomic E-state index is 0.249. The summed E-state index contributed by atoms with van der Waals surface area (Å²) in [4.78, 5) is 11.1. The zero-order valence-corrected chi connectivity index (χ0v) is 6.70. The fourth-order valence-corrected chi connectivity index (χ4v) is 0.668. The minimum Gasteiger partial charge on any atom is -0.383 e. The molecule has 1 aromatic rings. The normalized spacial score (nSPS) is 9.75. The minimum atomic E-state index is -0.249. The van der Waals surface area contributed by atoms with Crippen LogP contribution in [0.3, 0.4) is 0 Å². The summed E-state index contributed by atoms with van der Waals surface area (Å²) in [5, 5.41) is 12.1. The van der Waals surface area contributed by atoms with E-state index in [1.807, 2.05) is 0 Å². The predicted octanol–water partition coefficient (Wildman–Crippen LogP) is -0.819. The number of methoxy groups -OCH3 is 1. The number of nitrogens with zero attached hydrogens (tertiary/aromatic N) is 2. The highest BCUT2D eigenvalue weighted by Gasteiger charge is 2.06. The van der Waals surface area contributed by atoms with Gasteiger partial charge in [0.2, 0.25) is 0 Å². The number of hydrogen-bond acceptors (Lipinski definition) is 4. The Morgan fingerprint density at radius 3 is 3.25 bits per heavy atom. The van der Waals surface area contributed by atoms with Crippen LogP contribution in [0.4, 0.5) is 0 Å². The van der Waals surface area contributed by atoms with E-state index in [1.165, 1.54) is 6.20 Å². The smallest absolute Gasteiger partial charge is 0.273 e. The quantitative estimate of drug-likeness (QED) is 0.578. The van der Waals surface area contributed by atoms with E-state index in [4.69, 9.17) is 4.74 Å². The van der Waals surface area contributed by atoms with Gasteiger partial charge >= 0.3 is 0 Å². The number of nitrogens with one attached hydrogen (secondary N) is 2. The Morgan fingerprint density at radius 2 is 2.67 bits per heavy atom. The summed E-state index contributed by atoms with van der Waals surface area (Å²) in [5.74, 6) is -0.249. The molecule has 1 aromatic heterocycles. The van der Waals surface area contributed by atoms with Crippen LogP contribution in [-0.4, -0.2) is 41.6 Å². The van der Waals surface area contributed by atoms with Crippen molar-refractivity contribution in [1.82, 2.24) is 20.7 Å². The summed E-state index contributed by atoms with van der Waals surface area (Å²) >= 11 is 0. The molecule has 0 aromatic carbocycles. The van der Waals surface area contributed by atoms with Gasteiger partial charge in [0.1, 0.15) is 0 Å². The van der Waals surface area contributed by atoms with Crippen LogP contribution in [0.5, 0.6) is 0 Å². The van der Waals surface area contributed by atoms with Crippen molar-refractivity contribution in [3.63, 3.8) is 0 Å². The van der Waals surface area contributed by atoms with Crippen LogP contribution < -0.4 is 5.32 Å². The summed E-state index contributed by atoms with van der Waals surface area (Å²) in [6.45, 7) is 0.964. The van der Waals surface area contributed by atoms with E-state index in [1.54, 1.807) is 7.11 Å². The van der Waals surface area contributed by atoms with E-state index in [0.29, 0.717) is 13.2 Å². The maximum atomic E-state index is 11.1. The van der Waals surface area contributed by atoms with Gasteiger partial charge in [-0.2, -0.15) is 15.4 Å². The fraction of sp³-hybridized carbons (Fsp3) is 0.500. The number of hydrogen-bond donors (Lipinski definition) is 2. The molecule has 12 heavy (non-hydrogen) atoms. The van der Waals surface area contributed by atoms with Gasteiger partial charge in [-0.25, -0.2) is 0 Å². The van der Waals surface area contributed by atoms with Crippen LogP contribution in [0, 0.1) is 0 Å². The molecule has 0 radical (unpaired) electrons. The van der Waals surface area contributed by atoms with Crippen LogP contribution in [0.15, 0.2) is 6.20 Å². The molecule has 1 heterocycles. The third-order valence-corrected chi connectivity index (χ3v) is 1.24. The Bertz CT molecular complexity index is 234. The van der Waals surface area contributed by atoms with Gasteiger partial charge < -0.3 is 10.1 Å². The van der Waals surface area contributed by atoms with E-state index in [0.717, 1.165) is 0 Å². The first-order valence-electron chi connectivity index (χ1n) is 3.47. The van der Waals surface area contributed by atoms with Gasteiger partial charge in [-0.3, -0.25) is 4.79 Å². The zero-order valence-electron chi connectivity index (χ0n) is 6.70. The Labute approximate surface area is 69.3 Å². The molecule has 6 heteroatoms. The van der Waals surface area contributed by atoms with Crippen molar-refractivity contribution in [3.8, 4) is 0 Å². The molecule has 66 valence electrons. The molecule has 0 aliphatic rings. The van der Waals surface area contributed by atoms with Gasteiger partial charge in [0.15, 0.2) is 5.69 Å². The summed E-state index contributed by atoms with van der Waals surface area (Å²) in [7, 11) is 1.57. The van der Waals surface area contributed by atoms with Crippen LogP contribution in [0.25, 0.3) is 0 Å². The molecule has 0 aliphatic carbocycles. The van der Waals surface area contributed by atoms with Crippen LogP contribution >= 0.6 is 0 Å². The number of H-pyrrole nitrogens is 1. The molecular formula is C6H10N4O2. The monoisotopic (exact) mass is 170 g/mol. The first-order chi connectivity index (χ1) is 5.84. The summed E-state index contributed by atoms with van der Waals surface area (Å²) in [6, 6.07) is 0. The molecule has 0 unspecified atom stereocenters. The SMILES string of the molecule is COCCNC(=O)c1cn[nH]n1. The highest BCUT2D eigenvalue weighted by molar-refractivity contribution is 5.91. The lowest BCUT2D eigenvalue weighted by Gasteiger charge is -1.99. The third-order valence-electron chi connectivity index (χ3n) is 1.24. The lowest BCUT2D eigenvalue weighted by Crippen LogP contribution is -2.27. The third kappa shape index (κ3) is 2.31. The van der Waals surface area contributed by atoms with E-state index in [-0.39, 0.29) is 11.6 Å². The highest BCUT2D eigenvalue weighted by Crippen LogP contribution is 1.86. The van der Waals surface area contributed by atoms with Gasteiger partial charge in [0.05, 0.1) is 12.8 Å². The van der Waals surface area contributed by atoms with Crippen LogP contribution in [-0.2, 0) is 4.74 Å². The molecule has 0 bridgehead atoms. The summed E-state index contributed by atoms with van der Waals surface area (Å²) < 4.78 is 4.75. The molecule has 0 spiro atoms. The Balaban J connectivity index is 2.30. The maximum absolute atomic E-state index is 11.1. The van der Waals surface area contributed by atoms with Gasteiger partial charge in [0, 0.05) is 13.7 Å². The molecule has 1 rings (SSSR count). The van der Waals surface area contributed by atoms with Crippen molar-refractivity contribution < 1.29 is 9.53 Å². The highest BCUT2D eigenvalue weighted by atomic mass is 16.5. The van der Waals surface area contributed by atoms with Gasteiger partial charge in [-0.1, -0.05) is 0 Å². The number of carbonyl (C=O) groups excluding carboxylic acids is 1. The molecule has 0 fully saturated rings. The largest absolute Gasteiger partial charge is 0.383 e. The first-order valence-corrected chi connectivity index (χ1v) is 3.47. The second-order valence-corrected chi connectivity index (χ2v) is 2.10. The van der Waals surface area contributed by atoms with Crippen molar-refractivity contribution >= 4 is 5.91 Å². The number of aromatic amines is 1. The first kappa shape index (κ1) is 8.66. The van der Waals surface area contributed by atoms with E-state index in [2.05, 4.69) is 20.7 Å². The number of amides is 1. The second-order valence-electron chi connectivity index (χ2n) is 2.10. The predicted molar refractivity (Wildman–Crippen MR) is 40.6 cm³/mol. The molecule has 2 N–H and O–H groups in total. The second kappa shape index (κ2) is 4.45. The lowest BCUT2D eigenvalue weighted by atomic mass is 10.4. The van der Waals surface area contributed by atoms with E-state index >= 15 is 0 Å². The van der Waals surface area contributed by atoms with Crippen LogP contribution in [0.2, 0.25) is 0 Å². The lowest BCUT2D eigenvalue weighted by molar-refractivity contribution is 0.0932. The van der Waals surface area contributed by atoms with Crippen molar-refractivity contribution in [2.75, 3.05) is 20.3 Å². The van der Waals surface area contributed by atoms with Crippen molar-refractivity contribution in [2.24, 2.45) is 0 Å². The van der Waals surface area contributed by atoms with Crippen molar-refractivity contribution in [3.05, 3.63) is 11.9 Å². The fourth-order valence-electron chi connectivity index (χ4n) is 0.668. The molecular weight excluding hydrogens is 160 g/mol. The standard InChI is InChI=1S/C6H10N4O2/c1-12-3-2-7-6(11)5-4-8-10-9-5/h4H,2-3H2,1H3,(H,7,11)(H,8,9,10). The summed E-state index contributed by atoms with van der Waals surface area (Å²) in [5.41, 5.74) is 0.283. The summed E-state index contributed by atoms with van der Waals surface area (Å²) in [6.07, 6.45) is 1.36. The Hall–Kier alpha value is -1.43. The van der Waals surface area contributed by atoms with Gasteiger partial charge in [0.25, 0.3) is 5.91 Å². The number of rotatable bonds is 4. The Kier molecular flexibility index (Phi) is 3.21. The topological polar surface area (TPSA) is 79.9 Å². The van der Waals surface area contributed by atoms with Crippen LogP contribution in [0.1, 0.15) is 10.5 Å².